The Balaban J connectivity index is 2.61. The van der Waals surface area contributed by atoms with Crippen molar-refractivity contribution in [3.63, 3.8) is 0 Å². The van der Waals surface area contributed by atoms with Crippen LogP contribution in [0.3, 0.4) is 0 Å². The Labute approximate surface area is 92.2 Å². The van der Waals surface area contributed by atoms with Crippen LogP contribution in [-0.2, 0) is 11.0 Å². The predicted molar refractivity (Wildman–Crippen MR) is 57.7 cm³/mol. The van der Waals surface area contributed by atoms with Crippen LogP contribution in [0.15, 0.2) is 35.9 Å². The average Bonchev–Trinajstić information content (AvgIpc) is 2.19. The summed E-state index contributed by atoms with van der Waals surface area (Å²) >= 11 is 0. The number of halogens is 1. The standard InChI is InChI=1S/C10H12FO4P/c11-10(16(13,14)15)7-3-5-8-4-1-2-6-9(8)12/h1-2,4,6-7,12H,3,5H2,(H2,13,14,15)/b10-7+. The van der Waals surface area contributed by atoms with Crippen molar-refractivity contribution in [3.8, 4) is 5.75 Å². The molecule has 1 aromatic rings. The van der Waals surface area contributed by atoms with Gasteiger partial charge in [-0.05, 0) is 30.5 Å². The fourth-order valence-corrected chi connectivity index (χ4v) is 1.55. The number of rotatable bonds is 4. The lowest BCUT2D eigenvalue weighted by molar-refractivity contribution is 0.368. The highest BCUT2D eigenvalue weighted by Gasteiger charge is 2.19. The first-order valence-electron chi connectivity index (χ1n) is 4.60. The molecular formula is C10H12FO4P. The molecule has 88 valence electrons. The van der Waals surface area contributed by atoms with Gasteiger partial charge in [0.25, 0.3) is 0 Å². The highest BCUT2D eigenvalue weighted by molar-refractivity contribution is 7.56. The number of phenolic OH excluding ortho intramolecular Hbond substituents is 1. The fraction of sp³-hybridized carbons (Fsp3) is 0.200. The molecule has 0 spiro atoms. The molecule has 16 heavy (non-hydrogen) atoms. The summed E-state index contributed by atoms with van der Waals surface area (Å²) in [6, 6.07) is 6.54. The summed E-state index contributed by atoms with van der Waals surface area (Å²) in [5.41, 5.74) is -0.819. The summed E-state index contributed by atoms with van der Waals surface area (Å²) in [5.74, 6) is 0.0903. The van der Waals surface area contributed by atoms with Gasteiger partial charge in [-0.1, -0.05) is 18.2 Å². The molecule has 0 saturated heterocycles. The van der Waals surface area contributed by atoms with Gasteiger partial charge < -0.3 is 14.9 Å². The molecule has 1 aromatic carbocycles. The van der Waals surface area contributed by atoms with Crippen molar-refractivity contribution in [2.75, 3.05) is 0 Å². The third-order valence-electron chi connectivity index (χ3n) is 2.00. The number of hydrogen-bond donors (Lipinski definition) is 3. The quantitative estimate of drug-likeness (QED) is 0.712. The van der Waals surface area contributed by atoms with E-state index in [4.69, 9.17) is 9.79 Å². The maximum atomic E-state index is 12.7. The first-order chi connectivity index (χ1) is 7.41. The van der Waals surface area contributed by atoms with Crippen LogP contribution in [0.1, 0.15) is 12.0 Å². The van der Waals surface area contributed by atoms with Gasteiger partial charge in [-0.25, -0.2) is 0 Å². The van der Waals surface area contributed by atoms with Gasteiger partial charge in [0.15, 0.2) is 0 Å². The smallest absolute Gasteiger partial charge is 0.384 e. The normalized spacial score (nSPS) is 12.8. The van der Waals surface area contributed by atoms with Crippen LogP contribution < -0.4 is 0 Å². The molecule has 0 unspecified atom stereocenters. The Morgan fingerprint density at radius 3 is 2.56 bits per heavy atom. The third kappa shape index (κ3) is 3.77. The molecule has 0 radical (unpaired) electrons. The van der Waals surface area contributed by atoms with E-state index in [2.05, 4.69) is 0 Å². The van der Waals surface area contributed by atoms with Gasteiger partial charge in [0.2, 0.25) is 5.57 Å². The van der Waals surface area contributed by atoms with Crippen LogP contribution >= 0.6 is 7.60 Å². The molecule has 0 aliphatic rings. The van der Waals surface area contributed by atoms with E-state index in [1.54, 1.807) is 18.2 Å². The van der Waals surface area contributed by atoms with Crippen LogP contribution in [0.5, 0.6) is 5.75 Å². The van der Waals surface area contributed by atoms with Crippen LogP contribution in [0.4, 0.5) is 4.39 Å². The maximum Gasteiger partial charge on any atom is 0.384 e. The highest BCUT2D eigenvalue weighted by atomic mass is 31.2. The summed E-state index contributed by atoms with van der Waals surface area (Å²) in [4.78, 5) is 16.9. The van der Waals surface area contributed by atoms with Gasteiger partial charge in [-0.3, -0.25) is 4.57 Å². The van der Waals surface area contributed by atoms with E-state index in [1.165, 1.54) is 6.07 Å². The molecule has 0 aliphatic carbocycles. The van der Waals surface area contributed by atoms with Crippen molar-refractivity contribution < 1.29 is 23.8 Å². The average molecular weight is 246 g/mol. The highest BCUT2D eigenvalue weighted by Crippen LogP contribution is 2.45. The van der Waals surface area contributed by atoms with Crippen LogP contribution in [-0.4, -0.2) is 14.9 Å². The molecule has 4 nitrogen and oxygen atoms in total. The topological polar surface area (TPSA) is 77.8 Å². The van der Waals surface area contributed by atoms with E-state index < -0.39 is 13.2 Å². The first kappa shape index (κ1) is 12.9. The molecule has 6 heteroatoms. The monoisotopic (exact) mass is 246 g/mol. The zero-order valence-electron chi connectivity index (χ0n) is 8.38. The Hall–Kier alpha value is -1.16. The van der Waals surface area contributed by atoms with Crippen LogP contribution in [0.25, 0.3) is 0 Å². The van der Waals surface area contributed by atoms with Crippen molar-refractivity contribution >= 4 is 7.60 Å². The number of hydrogen-bond acceptors (Lipinski definition) is 2. The van der Waals surface area contributed by atoms with E-state index in [1.807, 2.05) is 0 Å². The number of para-hydroxylation sites is 1. The number of phenols is 1. The minimum Gasteiger partial charge on any atom is -0.508 e. The largest absolute Gasteiger partial charge is 0.508 e. The van der Waals surface area contributed by atoms with Gasteiger partial charge in [-0.15, -0.1) is 0 Å². The molecule has 0 aromatic heterocycles. The summed E-state index contributed by atoms with van der Waals surface area (Å²) in [7, 11) is -4.76. The lowest BCUT2D eigenvalue weighted by Crippen LogP contribution is -1.85. The van der Waals surface area contributed by atoms with Gasteiger partial charge in [0, 0.05) is 0 Å². The second-order valence-electron chi connectivity index (χ2n) is 3.24. The van der Waals surface area contributed by atoms with E-state index in [0.717, 1.165) is 6.08 Å². The van der Waals surface area contributed by atoms with E-state index >= 15 is 0 Å². The molecule has 3 N–H and O–H groups in total. The molecular weight excluding hydrogens is 234 g/mol. The second kappa shape index (κ2) is 5.25. The van der Waals surface area contributed by atoms with Gasteiger partial charge in [0.05, 0.1) is 0 Å². The molecule has 0 amide bonds. The number of aryl methyl sites for hydroxylation is 1. The first-order valence-corrected chi connectivity index (χ1v) is 6.21. The molecule has 0 saturated carbocycles. The summed E-state index contributed by atoms with van der Waals surface area (Å²) in [6.07, 6.45) is 1.28. The minimum atomic E-state index is -4.76. The Morgan fingerprint density at radius 2 is 2.00 bits per heavy atom. The van der Waals surface area contributed by atoms with Crippen molar-refractivity contribution in [2.24, 2.45) is 0 Å². The Bertz CT molecular complexity index is 438. The van der Waals surface area contributed by atoms with Gasteiger partial charge >= 0.3 is 7.60 Å². The number of allylic oxidation sites excluding steroid dienone is 1. The summed E-state index contributed by atoms with van der Waals surface area (Å²) in [5, 5.41) is 9.37. The lowest BCUT2D eigenvalue weighted by Gasteiger charge is -2.02. The molecule has 0 heterocycles. The fourth-order valence-electron chi connectivity index (χ4n) is 1.19. The zero-order chi connectivity index (χ0) is 12.2. The molecule has 0 fully saturated rings. The molecule has 0 bridgehead atoms. The zero-order valence-corrected chi connectivity index (χ0v) is 9.27. The van der Waals surface area contributed by atoms with Crippen LogP contribution in [0, 0.1) is 0 Å². The van der Waals surface area contributed by atoms with E-state index in [0.29, 0.717) is 12.0 Å². The van der Waals surface area contributed by atoms with E-state index in [9.17, 15) is 14.1 Å². The lowest BCUT2D eigenvalue weighted by atomic mass is 10.1. The van der Waals surface area contributed by atoms with Crippen molar-refractivity contribution in [3.05, 3.63) is 41.5 Å². The van der Waals surface area contributed by atoms with Crippen molar-refractivity contribution in [1.82, 2.24) is 0 Å². The number of aromatic hydroxyl groups is 1. The predicted octanol–water partition coefficient (Wildman–Crippen LogP) is 2.31. The molecule has 1 rings (SSSR count). The third-order valence-corrected chi connectivity index (χ3v) is 2.74. The Morgan fingerprint density at radius 1 is 1.38 bits per heavy atom. The summed E-state index contributed by atoms with van der Waals surface area (Å²) < 4.78 is 23.2. The minimum absolute atomic E-state index is 0.0903. The van der Waals surface area contributed by atoms with Crippen molar-refractivity contribution in [1.29, 1.82) is 0 Å². The van der Waals surface area contributed by atoms with Gasteiger partial charge in [-0.2, -0.15) is 4.39 Å². The van der Waals surface area contributed by atoms with Crippen molar-refractivity contribution in [2.45, 2.75) is 12.8 Å². The van der Waals surface area contributed by atoms with Crippen LogP contribution in [0.2, 0.25) is 0 Å². The summed E-state index contributed by atoms with van der Waals surface area (Å²) in [6.45, 7) is 0. The second-order valence-corrected chi connectivity index (χ2v) is 4.75. The number of benzene rings is 1. The molecule has 0 aliphatic heterocycles. The van der Waals surface area contributed by atoms with E-state index in [-0.39, 0.29) is 12.2 Å². The SMILES string of the molecule is O=P(O)(O)/C(F)=C/CCc1ccccc1O. The maximum absolute atomic E-state index is 12.7. The van der Waals surface area contributed by atoms with Gasteiger partial charge in [0.1, 0.15) is 5.75 Å². The Kier molecular flexibility index (Phi) is 4.24. The molecule has 0 atom stereocenters.